The van der Waals surface area contributed by atoms with Gasteiger partial charge in [0.2, 0.25) is 5.88 Å². The number of alkyl halides is 3. The summed E-state index contributed by atoms with van der Waals surface area (Å²) < 4.78 is 39.8. The topological polar surface area (TPSA) is 62.4 Å². The van der Waals surface area contributed by atoms with Crippen LogP contribution in [-0.2, 0) is 0 Å². The summed E-state index contributed by atoms with van der Waals surface area (Å²) in [6, 6.07) is 1.08. The predicted molar refractivity (Wildman–Crippen MR) is 48.6 cm³/mol. The lowest BCUT2D eigenvalue weighted by Gasteiger charge is -2.08. The normalized spacial score (nSPS) is 11.2. The molecule has 0 saturated heterocycles. The van der Waals surface area contributed by atoms with Gasteiger partial charge < -0.3 is 4.74 Å². The van der Waals surface area contributed by atoms with Crippen LogP contribution in [0.1, 0.15) is 0 Å². The van der Waals surface area contributed by atoms with Crippen LogP contribution in [0.15, 0.2) is 16.7 Å². The van der Waals surface area contributed by atoms with Crippen LogP contribution in [0.25, 0.3) is 0 Å². The molecule has 0 aliphatic carbocycles. The zero-order valence-corrected chi connectivity index (χ0v) is 9.12. The van der Waals surface area contributed by atoms with Crippen molar-refractivity contribution in [3.8, 4) is 5.88 Å². The third-order valence-electron chi connectivity index (χ3n) is 1.39. The Morgan fingerprint density at radius 2 is 2.19 bits per heavy atom. The molecule has 1 heterocycles. The molecule has 1 rings (SSSR count). The minimum absolute atomic E-state index is 0.0316. The Morgan fingerprint density at radius 3 is 2.62 bits per heavy atom. The van der Waals surface area contributed by atoms with E-state index in [0.29, 0.717) is 0 Å². The number of pyridine rings is 1. The Hall–Kier alpha value is -1.38. The van der Waals surface area contributed by atoms with Gasteiger partial charge in [0.15, 0.2) is 6.61 Å². The van der Waals surface area contributed by atoms with Crippen LogP contribution in [0.3, 0.4) is 0 Å². The number of halogens is 4. The van der Waals surface area contributed by atoms with Gasteiger partial charge in [-0.15, -0.1) is 0 Å². The Kier molecular flexibility index (Phi) is 3.68. The van der Waals surface area contributed by atoms with Crippen LogP contribution < -0.4 is 4.74 Å². The first-order valence-electron chi connectivity index (χ1n) is 3.81. The molecule has 88 valence electrons. The third-order valence-corrected chi connectivity index (χ3v) is 1.95. The van der Waals surface area contributed by atoms with E-state index in [2.05, 4.69) is 25.7 Å². The van der Waals surface area contributed by atoms with E-state index in [4.69, 9.17) is 5.21 Å². The lowest BCUT2D eigenvalue weighted by atomic mass is 10.4. The molecule has 9 heteroatoms. The lowest BCUT2D eigenvalue weighted by molar-refractivity contribution is -0.730. The number of rotatable bonds is 3. The molecule has 5 nitrogen and oxygen atoms in total. The summed E-state index contributed by atoms with van der Waals surface area (Å²) in [4.78, 5) is 13.4. The van der Waals surface area contributed by atoms with E-state index >= 15 is 0 Å². The zero-order valence-electron chi connectivity index (χ0n) is 7.53. The van der Waals surface area contributed by atoms with E-state index in [0.717, 1.165) is 12.3 Å². The molecule has 0 aliphatic heterocycles. The second-order valence-corrected chi connectivity index (χ2v) is 3.51. The number of ether oxygens (including phenoxy) is 1. The van der Waals surface area contributed by atoms with Gasteiger partial charge in [-0.2, -0.15) is 13.2 Å². The first-order chi connectivity index (χ1) is 7.29. The zero-order chi connectivity index (χ0) is 12.3. The standard InChI is InChI=1S/C7H5BrF3N2O3/c8-5-1-4(13(14)15)2-12-6(5)16-3-7(9,10)11/h1-2H,3H2,(H,14,15)/q+1. The molecule has 0 bridgehead atoms. The molecule has 1 N–H and O–H groups in total. The van der Waals surface area contributed by atoms with E-state index in [1.807, 2.05) is 0 Å². The Labute approximate surface area is 95.5 Å². The molecule has 0 aromatic carbocycles. The smallest absolute Gasteiger partial charge is 0.422 e. The summed E-state index contributed by atoms with van der Waals surface area (Å²) in [5, 5.41) is 8.49. The summed E-state index contributed by atoms with van der Waals surface area (Å²) in [6.07, 6.45) is -3.59. The lowest BCUT2D eigenvalue weighted by Crippen LogP contribution is -2.19. The molecule has 0 radical (unpaired) electrons. The van der Waals surface area contributed by atoms with Crippen molar-refractivity contribution < 1.29 is 28.0 Å². The summed E-state index contributed by atoms with van der Waals surface area (Å²) in [5.41, 5.74) is -0.230. The molecule has 0 unspecified atom stereocenters. The monoisotopic (exact) mass is 301 g/mol. The molecular formula is C7H5BrF3N2O3+. The van der Waals surface area contributed by atoms with E-state index in [1.54, 1.807) is 0 Å². The van der Waals surface area contributed by atoms with Crippen molar-refractivity contribution >= 4 is 21.6 Å². The van der Waals surface area contributed by atoms with Crippen molar-refractivity contribution in [1.82, 2.24) is 4.98 Å². The highest BCUT2D eigenvalue weighted by atomic mass is 79.9. The highest BCUT2D eigenvalue weighted by molar-refractivity contribution is 9.10. The van der Waals surface area contributed by atoms with Crippen LogP contribution in [0.4, 0.5) is 18.9 Å². The van der Waals surface area contributed by atoms with Crippen molar-refractivity contribution in [3.05, 3.63) is 21.6 Å². The fourth-order valence-corrected chi connectivity index (χ4v) is 1.23. The van der Waals surface area contributed by atoms with E-state index in [-0.39, 0.29) is 16.0 Å². The number of hydrogen-bond acceptors (Lipinski definition) is 3. The molecule has 0 saturated carbocycles. The van der Waals surface area contributed by atoms with Gasteiger partial charge in [-0.25, -0.2) is 10.2 Å². The van der Waals surface area contributed by atoms with E-state index in [9.17, 15) is 18.1 Å². The SMILES string of the molecule is O=[N+](O)c1cnc(OCC(F)(F)F)c(Br)c1. The van der Waals surface area contributed by atoms with Crippen molar-refractivity contribution in [2.24, 2.45) is 0 Å². The molecule has 0 aliphatic rings. The van der Waals surface area contributed by atoms with Crippen LogP contribution in [0.5, 0.6) is 5.88 Å². The Bertz CT molecular complexity index is 410. The van der Waals surface area contributed by atoms with E-state index < -0.39 is 17.7 Å². The second-order valence-electron chi connectivity index (χ2n) is 2.66. The van der Waals surface area contributed by atoms with Gasteiger partial charge in [0.1, 0.15) is 6.20 Å². The van der Waals surface area contributed by atoms with Crippen LogP contribution in [0, 0.1) is 4.91 Å². The molecule has 0 amide bonds. The summed E-state index contributed by atoms with van der Waals surface area (Å²) in [6.45, 7) is -1.49. The molecule has 0 fully saturated rings. The minimum atomic E-state index is -4.47. The summed E-state index contributed by atoms with van der Waals surface area (Å²) in [7, 11) is 0. The minimum Gasteiger partial charge on any atom is -0.467 e. The molecule has 16 heavy (non-hydrogen) atoms. The first-order valence-corrected chi connectivity index (χ1v) is 4.60. The molecule has 0 spiro atoms. The third kappa shape index (κ3) is 3.65. The van der Waals surface area contributed by atoms with Crippen molar-refractivity contribution in [3.63, 3.8) is 0 Å². The van der Waals surface area contributed by atoms with Gasteiger partial charge in [0.25, 0.3) is 4.92 Å². The van der Waals surface area contributed by atoms with Crippen molar-refractivity contribution in [2.45, 2.75) is 6.18 Å². The van der Waals surface area contributed by atoms with Crippen molar-refractivity contribution in [1.29, 1.82) is 0 Å². The Balaban J connectivity index is 2.80. The number of aromatic nitrogens is 1. The van der Waals surface area contributed by atoms with Crippen LogP contribution >= 0.6 is 15.9 Å². The van der Waals surface area contributed by atoms with Gasteiger partial charge in [-0.1, -0.05) is 0 Å². The average molecular weight is 302 g/mol. The highest BCUT2D eigenvalue weighted by Crippen LogP contribution is 2.27. The van der Waals surface area contributed by atoms with Crippen LogP contribution in [0.2, 0.25) is 0 Å². The fraction of sp³-hybridized carbons (Fsp3) is 0.286. The number of hydrogen-bond donors (Lipinski definition) is 1. The maximum Gasteiger partial charge on any atom is 0.422 e. The van der Waals surface area contributed by atoms with Crippen molar-refractivity contribution in [2.75, 3.05) is 6.61 Å². The van der Waals surface area contributed by atoms with Gasteiger partial charge in [0, 0.05) is 6.07 Å². The molecule has 1 aromatic rings. The fourth-order valence-electron chi connectivity index (χ4n) is 0.776. The average Bonchev–Trinajstić information content (AvgIpc) is 2.14. The summed E-state index contributed by atoms with van der Waals surface area (Å²) in [5.74, 6) is -0.317. The Morgan fingerprint density at radius 1 is 1.56 bits per heavy atom. The molecule has 1 aromatic heterocycles. The largest absolute Gasteiger partial charge is 0.467 e. The highest BCUT2D eigenvalue weighted by Gasteiger charge is 2.29. The maximum atomic E-state index is 11.8. The number of nitrogens with zero attached hydrogens (tertiary/aromatic N) is 2. The van der Waals surface area contributed by atoms with Gasteiger partial charge in [-0.05, 0) is 15.9 Å². The van der Waals surface area contributed by atoms with E-state index in [1.165, 1.54) is 0 Å². The molecule has 0 atom stereocenters. The van der Waals surface area contributed by atoms with Gasteiger partial charge in [0.05, 0.1) is 9.38 Å². The predicted octanol–water partition coefficient (Wildman–Crippen LogP) is 2.58. The van der Waals surface area contributed by atoms with Gasteiger partial charge in [-0.3, -0.25) is 0 Å². The maximum absolute atomic E-state index is 11.8. The van der Waals surface area contributed by atoms with Gasteiger partial charge >= 0.3 is 11.9 Å². The van der Waals surface area contributed by atoms with Crippen LogP contribution in [-0.4, -0.2) is 27.9 Å². The molecular weight excluding hydrogens is 297 g/mol. The quantitative estimate of drug-likeness (QED) is 0.872. The summed E-state index contributed by atoms with van der Waals surface area (Å²) >= 11 is 2.85. The first kappa shape index (κ1) is 12.7. The second kappa shape index (κ2) is 4.64.